The van der Waals surface area contributed by atoms with Crippen molar-refractivity contribution >= 4 is 5.97 Å². The van der Waals surface area contributed by atoms with E-state index in [2.05, 4.69) is 29.2 Å². The first kappa shape index (κ1) is 12.7. The van der Waals surface area contributed by atoms with E-state index in [4.69, 9.17) is 5.11 Å². The van der Waals surface area contributed by atoms with Crippen LogP contribution in [0.15, 0.2) is 24.3 Å². The summed E-state index contributed by atoms with van der Waals surface area (Å²) in [5.74, 6) is -0.678. The quantitative estimate of drug-likeness (QED) is 0.884. The third kappa shape index (κ3) is 2.81. The molecule has 3 heteroatoms. The maximum Gasteiger partial charge on any atom is 0.304 e. The van der Waals surface area contributed by atoms with Gasteiger partial charge in [0, 0.05) is 12.0 Å². The van der Waals surface area contributed by atoms with Crippen LogP contribution in [-0.4, -0.2) is 29.1 Å². The van der Waals surface area contributed by atoms with Crippen molar-refractivity contribution < 1.29 is 9.90 Å². The highest BCUT2D eigenvalue weighted by atomic mass is 16.4. The van der Waals surface area contributed by atoms with E-state index in [1.165, 1.54) is 37.1 Å². The van der Waals surface area contributed by atoms with Crippen LogP contribution in [0, 0.1) is 0 Å². The zero-order chi connectivity index (χ0) is 13.3. The molecule has 3 nitrogen and oxygen atoms in total. The van der Waals surface area contributed by atoms with E-state index in [0.29, 0.717) is 0 Å². The maximum atomic E-state index is 11.0. The van der Waals surface area contributed by atoms with Crippen LogP contribution in [0.25, 0.3) is 0 Å². The van der Waals surface area contributed by atoms with Gasteiger partial charge in [0.1, 0.15) is 0 Å². The van der Waals surface area contributed by atoms with Crippen molar-refractivity contribution in [3.63, 3.8) is 0 Å². The van der Waals surface area contributed by atoms with E-state index in [1.54, 1.807) is 0 Å². The molecule has 3 rings (SSSR count). The lowest BCUT2D eigenvalue weighted by atomic mass is 9.91. The molecular weight excluding hydrogens is 238 g/mol. The van der Waals surface area contributed by atoms with Crippen molar-refractivity contribution in [3.8, 4) is 0 Å². The summed E-state index contributed by atoms with van der Waals surface area (Å²) >= 11 is 0. The molecule has 19 heavy (non-hydrogen) atoms. The number of carboxylic acids is 1. The number of likely N-dealkylation sites (tertiary alicyclic amines) is 1. The third-order valence-electron chi connectivity index (χ3n) is 4.49. The van der Waals surface area contributed by atoms with Crippen LogP contribution in [0.4, 0.5) is 0 Å². The van der Waals surface area contributed by atoms with Gasteiger partial charge in [-0.05, 0) is 49.9 Å². The zero-order valence-electron chi connectivity index (χ0n) is 11.3. The Morgan fingerprint density at radius 1 is 1.26 bits per heavy atom. The van der Waals surface area contributed by atoms with Crippen molar-refractivity contribution in [2.75, 3.05) is 13.1 Å². The molecule has 2 aliphatic rings. The van der Waals surface area contributed by atoms with Gasteiger partial charge in [0.2, 0.25) is 0 Å². The molecule has 0 spiro atoms. The fourth-order valence-corrected chi connectivity index (χ4v) is 3.21. The normalized spacial score (nSPS) is 21.5. The number of carbonyl (C=O) groups is 1. The molecule has 0 atom stereocenters. The van der Waals surface area contributed by atoms with Crippen LogP contribution in [0.5, 0.6) is 0 Å². The zero-order valence-corrected chi connectivity index (χ0v) is 11.3. The Kier molecular flexibility index (Phi) is 3.31. The van der Waals surface area contributed by atoms with Gasteiger partial charge in [0.25, 0.3) is 0 Å². The van der Waals surface area contributed by atoms with Crippen molar-refractivity contribution in [1.29, 1.82) is 0 Å². The van der Waals surface area contributed by atoms with Gasteiger partial charge in [-0.1, -0.05) is 24.3 Å². The Balaban J connectivity index is 1.74. The number of aliphatic carboxylic acids is 1. The molecule has 1 aliphatic heterocycles. The van der Waals surface area contributed by atoms with Crippen molar-refractivity contribution in [2.45, 2.75) is 44.1 Å². The summed E-state index contributed by atoms with van der Waals surface area (Å²) in [6.45, 7) is 3.41. The summed E-state index contributed by atoms with van der Waals surface area (Å²) in [6.07, 6.45) is 4.93. The summed E-state index contributed by atoms with van der Waals surface area (Å²) in [7, 11) is 0. The minimum absolute atomic E-state index is 0.0626. The van der Waals surface area contributed by atoms with Crippen molar-refractivity contribution in [1.82, 2.24) is 4.90 Å². The highest BCUT2D eigenvalue weighted by Gasteiger charge is 2.45. The standard InChI is InChI=1S/C16H21NO2/c18-15(19)11-16(6-7-16)14-5-3-4-13(10-14)12-17-8-1-2-9-17/h3-5,10H,1-2,6-9,11-12H2,(H,18,19). The summed E-state index contributed by atoms with van der Waals surface area (Å²) in [4.78, 5) is 13.5. The second kappa shape index (κ2) is 4.97. The van der Waals surface area contributed by atoms with E-state index in [9.17, 15) is 4.79 Å². The van der Waals surface area contributed by atoms with Crippen LogP contribution in [-0.2, 0) is 16.8 Å². The van der Waals surface area contributed by atoms with E-state index in [-0.39, 0.29) is 11.8 Å². The Morgan fingerprint density at radius 2 is 2.00 bits per heavy atom. The largest absolute Gasteiger partial charge is 0.481 e. The van der Waals surface area contributed by atoms with Gasteiger partial charge >= 0.3 is 5.97 Å². The highest BCUT2D eigenvalue weighted by molar-refractivity contribution is 5.70. The SMILES string of the molecule is O=C(O)CC1(c2cccc(CN3CCCC3)c2)CC1. The number of hydrogen-bond acceptors (Lipinski definition) is 2. The average molecular weight is 259 g/mol. The Labute approximate surface area is 114 Å². The Hall–Kier alpha value is -1.35. The molecule has 0 radical (unpaired) electrons. The molecule has 0 aromatic heterocycles. The van der Waals surface area contributed by atoms with Crippen LogP contribution < -0.4 is 0 Å². The molecule has 1 saturated heterocycles. The first-order chi connectivity index (χ1) is 9.18. The number of rotatable bonds is 5. The minimum Gasteiger partial charge on any atom is -0.481 e. The second-order valence-corrected chi connectivity index (χ2v) is 6.03. The molecule has 2 fully saturated rings. The predicted octanol–water partition coefficient (Wildman–Crippen LogP) is 2.79. The van der Waals surface area contributed by atoms with Crippen LogP contribution >= 0.6 is 0 Å². The molecule has 1 N–H and O–H groups in total. The monoisotopic (exact) mass is 259 g/mol. The maximum absolute atomic E-state index is 11.0. The summed E-state index contributed by atoms with van der Waals surface area (Å²) < 4.78 is 0. The smallest absolute Gasteiger partial charge is 0.304 e. The van der Waals surface area contributed by atoms with E-state index in [1.807, 2.05) is 0 Å². The molecule has 1 aromatic carbocycles. The van der Waals surface area contributed by atoms with Gasteiger partial charge in [-0.3, -0.25) is 9.69 Å². The van der Waals surface area contributed by atoms with Gasteiger partial charge in [0.05, 0.1) is 6.42 Å². The first-order valence-corrected chi connectivity index (χ1v) is 7.22. The summed E-state index contributed by atoms with van der Waals surface area (Å²) in [6, 6.07) is 8.58. The molecule has 0 bridgehead atoms. The van der Waals surface area contributed by atoms with E-state index >= 15 is 0 Å². The molecule has 102 valence electrons. The molecule has 1 heterocycles. The van der Waals surface area contributed by atoms with Gasteiger partial charge in [-0.2, -0.15) is 0 Å². The molecule has 1 aromatic rings. The van der Waals surface area contributed by atoms with Crippen molar-refractivity contribution in [3.05, 3.63) is 35.4 Å². The number of benzene rings is 1. The third-order valence-corrected chi connectivity index (χ3v) is 4.49. The Bertz CT molecular complexity index is 473. The fourth-order valence-electron chi connectivity index (χ4n) is 3.21. The van der Waals surface area contributed by atoms with Gasteiger partial charge < -0.3 is 5.11 Å². The number of nitrogens with zero attached hydrogens (tertiary/aromatic N) is 1. The van der Waals surface area contributed by atoms with Crippen LogP contribution in [0.3, 0.4) is 0 Å². The predicted molar refractivity (Wildman–Crippen MR) is 74.1 cm³/mol. The van der Waals surface area contributed by atoms with E-state index < -0.39 is 5.97 Å². The van der Waals surface area contributed by atoms with Gasteiger partial charge in [-0.25, -0.2) is 0 Å². The number of carboxylic acid groups (broad SMARTS) is 1. The summed E-state index contributed by atoms with van der Waals surface area (Å²) in [5, 5.41) is 9.04. The fraction of sp³-hybridized carbons (Fsp3) is 0.562. The highest BCUT2D eigenvalue weighted by Crippen LogP contribution is 2.51. The van der Waals surface area contributed by atoms with E-state index in [0.717, 1.165) is 19.4 Å². The van der Waals surface area contributed by atoms with Crippen molar-refractivity contribution in [2.24, 2.45) is 0 Å². The molecule has 1 aliphatic carbocycles. The number of hydrogen-bond donors (Lipinski definition) is 1. The molecule has 0 unspecified atom stereocenters. The van der Waals surface area contributed by atoms with Gasteiger partial charge in [0.15, 0.2) is 0 Å². The second-order valence-electron chi connectivity index (χ2n) is 6.03. The lowest BCUT2D eigenvalue weighted by Crippen LogP contribution is -2.19. The van der Waals surface area contributed by atoms with Crippen LogP contribution in [0.2, 0.25) is 0 Å². The average Bonchev–Trinajstić information content (AvgIpc) is 2.97. The first-order valence-electron chi connectivity index (χ1n) is 7.22. The van der Waals surface area contributed by atoms with Gasteiger partial charge in [-0.15, -0.1) is 0 Å². The Morgan fingerprint density at radius 3 is 2.63 bits per heavy atom. The minimum atomic E-state index is -0.678. The molecule has 0 amide bonds. The lowest BCUT2D eigenvalue weighted by molar-refractivity contribution is -0.137. The summed E-state index contributed by atoms with van der Waals surface area (Å²) in [5.41, 5.74) is 2.50. The van der Waals surface area contributed by atoms with Crippen LogP contribution in [0.1, 0.15) is 43.2 Å². The molecular formula is C16H21NO2. The topological polar surface area (TPSA) is 40.5 Å². The molecule has 1 saturated carbocycles. The lowest BCUT2D eigenvalue weighted by Gasteiger charge is -2.18.